The maximum atomic E-state index is 9.70. The molecule has 1 aromatic carbocycles. The average Bonchev–Trinajstić information content (AvgIpc) is 2.09. The van der Waals surface area contributed by atoms with Crippen molar-refractivity contribution in [3.8, 4) is 5.75 Å². The van der Waals surface area contributed by atoms with Gasteiger partial charge in [-0.3, -0.25) is 0 Å². The number of phenolic OH excluding ortho intramolecular Hbond substituents is 1. The van der Waals surface area contributed by atoms with Gasteiger partial charge in [0.15, 0.2) is 0 Å². The summed E-state index contributed by atoms with van der Waals surface area (Å²) < 4.78 is 0.921. The van der Waals surface area contributed by atoms with Gasteiger partial charge in [-0.2, -0.15) is 0 Å². The molecule has 13 heavy (non-hydrogen) atoms. The predicted molar refractivity (Wildman–Crippen MR) is 62.9 cm³/mol. The first-order valence-electron chi connectivity index (χ1n) is 4.33. The number of phenols is 1. The van der Waals surface area contributed by atoms with Gasteiger partial charge in [0.1, 0.15) is 5.75 Å². The average molecular weight is 291 g/mol. The molecule has 0 amide bonds. The minimum atomic E-state index is 0.416. The molecule has 0 bridgehead atoms. The maximum absolute atomic E-state index is 9.70. The molecule has 0 aliphatic heterocycles. The van der Waals surface area contributed by atoms with E-state index in [9.17, 15) is 5.11 Å². The largest absolute Gasteiger partial charge is 0.507 e. The van der Waals surface area contributed by atoms with E-state index in [-0.39, 0.29) is 0 Å². The van der Waals surface area contributed by atoms with Gasteiger partial charge in [-0.25, -0.2) is 0 Å². The molecular weight excluding hydrogens is 277 g/mol. The first-order chi connectivity index (χ1) is 6.15. The van der Waals surface area contributed by atoms with Crippen LogP contribution >= 0.6 is 22.6 Å². The van der Waals surface area contributed by atoms with Crippen molar-refractivity contribution in [1.29, 1.82) is 0 Å². The van der Waals surface area contributed by atoms with Crippen LogP contribution in [0.4, 0.5) is 0 Å². The lowest BCUT2D eigenvalue weighted by atomic mass is 10.1. The second-order valence-electron chi connectivity index (χ2n) is 3.15. The van der Waals surface area contributed by atoms with Gasteiger partial charge in [0.05, 0.1) is 3.57 Å². The topological polar surface area (TPSA) is 46.2 Å². The molecular formula is C10H14INO. The highest BCUT2D eigenvalue weighted by Gasteiger charge is 2.05. The first-order valence-corrected chi connectivity index (χ1v) is 5.41. The zero-order valence-corrected chi connectivity index (χ0v) is 9.84. The molecule has 1 aromatic rings. The number of rotatable bonds is 3. The van der Waals surface area contributed by atoms with Gasteiger partial charge in [0, 0.05) is 0 Å². The SMILES string of the molecule is Cc1cc(I)c(O)c(CCCN)c1. The molecule has 0 saturated heterocycles. The van der Waals surface area contributed by atoms with Gasteiger partial charge in [0.25, 0.3) is 0 Å². The van der Waals surface area contributed by atoms with Crippen molar-refractivity contribution < 1.29 is 5.11 Å². The highest BCUT2D eigenvalue weighted by Crippen LogP contribution is 2.26. The van der Waals surface area contributed by atoms with E-state index in [1.807, 2.05) is 19.1 Å². The van der Waals surface area contributed by atoms with E-state index < -0.39 is 0 Å². The van der Waals surface area contributed by atoms with Crippen LogP contribution in [0.15, 0.2) is 12.1 Å². The van der Waals surface area contributed by atoms with Gasteiger partial charge in [-0.1, -0.05) is 6.07 Å². The van der Waals surface area contributed by atoms with Crippen molar-refractivity contribution in [1.82, 2.24) is 0 Å². The van der Waals surface area contributed by atoms with Crippen LogP contribution in [0, 0.1) is 10.5 Å². The highest BCUT2D eigenvalue weighted by atomic mass is 127. The van der Waals surface area contributed by atoms with E-state index in [2.05, 4.69) is 22.6 Å². The lowest BCUT2D eigenvalue weighted by Gasteiger charge is -2.07. The summed E-state index contributed by atoms with van der Waals surface area (Å²) in [6.45, 7) is 2.71. The van der Waals surface area contributed by atoms with Gasteiger partial charge >= 0.3 is 0 Å². The molecule has 72 valence electrons. The number of hydrogen-bond donors (Lipinski definition) is 2. The Bertz CT molecular complexity index is 299. The van der Waals surface area contributed by atoms with Gasteiger partial charge in [-0.15, -0.1) is 0 Å². The van der Waals surface area contributed by atoms with Crippen LogP contribution in [0.25, 0.3) is 0 Å². The Morgan fingerprint density at radius 2 is 2.15 bits per heavy atom. The lowest BCUT2D eigenvalue weighted by Crippen LogP contribution is -2.01. The zero-order chi connectivity index (χ0) is 9.84. The summed E-state index contributed by atoms with van der Waals surface area (Å²) in [5.41, 5.74) is 7.62. The van der Waals surface area contributed by atoms with Crippen molar-refractivity contribution in [3.63, 3.8) is 0 Å². The fourth-order valence-electron chi connectivity index (χ4n) is 1.29. The Balaban J connectivity index is 2.92. The van der Waals surface area contributed by atoms with E-state index in [1.165, 1.54) is 5.56 Å². The molecule has 0 atom stereocenters. The fraction of sp³-hybridized carbons (Fsp3) is 0.400. The maximum Gasteiger partial charge on any atom is 0.132 e. The zero-order valence-electron chi connectivity index (χ0n) is 7.68. The molecule has 0 heterocycles. The molecule has 1 rings (SSSR count). The molecule has 3 N–H and O–H groups in total. The van der Waals surface area contributed by atoms with Crippen molar-refractivity contribution in [2.45, 2.75) is 19.8 Å². The number of aromatic hydroxyl groups is 1. The molecule has 3 heteroatoms. The third-order valence-corrected chi connectivity index (χ3v) is 2.76. The molecule has 0 fully saturated rings. The molecule has 0 unspecified atom stereocenters. The van der Waals surface area contributed by atoms with Crippen LogP contribution in [-0.2, 0) is 6.42 Å². The van der Waals surface area contributed by atoms with Crippen molar-refractivity contribution in [2.75, 3.05) is 6.54 Å². The van der Waals surface area contributed by atoms with Gasteiger partial charge in [0.2, 0.25) is 0 Å². The van der Waals surface area contributed by atoms with Crippen molar-refractivity contribution >= 4 is 22.6 Å². The quantitative estimate of drug-likeness (QED) is 0.839. The number of aryl methyl sites for hydroxylation is 2. The van der Waals surface area contributed by atoms with Crippen molar-refractivity contribution in [3.05, 3.63) is 26.8 Å². The smallest absolute Gasteiger partial charge is 0.132 e. The van der Waals surface area contributed by atoms with Gasteiger partial charge < -0.3 is 10.8 Å². The Morgan fingerprint density at radius 1 is 1.46 bits per heavy atom. The van der Waals surface area contributed by atoms with Gasteiger partial charge in [-0.05, 0) is 66.1 Å². The Hall–Kier alpha value is -0.290. The monoisotopic (exact) mass is 291 g/mol. The second kappa shape index (κ2) is 4.81. The summed E-state index contributed by atoms with van der Waals surface area (Å²) in [6, 6.07) is 4.00. The van der Waals surface area contributed by atoms with E-state index >= 15 is 0 Å². The number of hydrogen-bond acceptors (Lipinski definition) is 2. The van der Waals surface area contributed by atoms with Crippen LogP contribution in [0.5, 0.6) is 5.75 Å². The normalized spacial score (nSPS) is 10.4. The predicted octanol–water partition coefficient (Wildman–Crippen LogP) is 2.20. The van der Waals surface area contributed by atoms with E-state index in [0.717, 1.165) is 22.0 Å². The summed E-state index contributed by atoms with van der Waals surface area (Å²) >= 11 is 2.15. The fourth-order valence-corrected chi connectivity index (χ4v) is 2.13. The van der Waals surface area contributed by atoms with Crippen LogP contribution in [0.3, 0.4) is 0 Å². The molecule has 0 radical (unpaired) electrons. The molecule has 0 aliphatic carbocycles. The standard InChI is InChI=1S/C10H14INO/c1-7-5-8(3-2-4-12)10(13)9(11)6-7/h5-6,13H,2-4,12H2,1H3. The Labute approximate surface area is 92.3 Å². The van der Waals surface area contributed by atoms with Crippen molar-refractivity contribution in [2.24, 2.45) is 5.73 Å². The molecule has 0 aliphatic rings. The number of nitrogens with two attached hydrogens (primary N) is 1. The number of benzene rings is 1. The first kappa shape index (κ1) is 10.8. The summed E-state index contributed by atoms with van der Waals surface area (Å²) in [5.74, 6) is 0.416. The molecule has 0 saturated carbocycles. The van der Waals surface area contributed by atoms with Crippen LogP contribution < -0.4 is 5.73 Å². The third kappa shape index (κ3) is 2.84. The summed E-state index contributed by atoms with van der Waals surface area (Å²) in [6.07, 6.45) is 1.78. The molecule has 0 aromatic heterocycles. The van der Waals surface area contributed by atoms with Crippen LogP contribution in [-0.4, -0.2) is 11.7 Å². The van der Waals surface area contributed by atoms with E-state index in [1.54, 1.807) is 0 Å². The third-order valence-electron chi connectivity index (χ3n) is 1.94. The lowest BCUT2D eigenvalue weighted by molar-refractivity contribution is 0.463. The molecule has 0 spiro atoms. The number of halogens is 1. The molecule has 2 nitrogen and oxygen atoms in total. The summed E-state index contributed by atoms with van der Waals surface area (Å²) in [7, 11) is 0. The minimum absolute atomic E-state index is 0.416. The summed E-state index contributed by atoms with van der Waals surface area (Å²) in [4.78, 5) is 0. The van der Waals surface area contributed by atoms with Crippen LogP contribution in [0.2, 0.25) is 0 Å². The Kier molecular flexibility index (Phi) is 3.99. The van der Waals surface area contributed by atoms with E-state index in [0.29, 0.717) is 12.3 Å². The second-order valence-corrected chi connectivity index (χ2v) is 4.31. The highest BCUT2D eigenvalue weighted by molar-refractivity contribution is 14.1. The van der Waals surface area contributed by atoms with Crippen LogP contribution in [0.1, 0.15) is 17.5 Å². The Morgan fingerprint density at radius 3 is 2.77 bits per heavy atom. The van der Waals surface area contributed by atoms with E-state index in [4.69, 9.17) is 5.73 Å². The summed E-state index contributed by atoms with van der Waals surface area (Å²) in [5, 5.41) is 9.70. The minimum Gasteiger partial charge on any atom is -0.507 e.